The van der Waals surface area contributed by atoms with Crippen LogP contribution in [0.1, 0.15) is 13.8 Å². The molecule has 0 aliphatic carbocycles. The third-order valence-corrected chi connectivity index (χ3v) is 1.09. The van der Waals surface area contributed by atoms with Crippen molar-refractivity contribution in [1.29, 1.82) is 0 Å². The van der Waals surface area contributed by atoms with Gasteiger partial charge in [0.25, 0.3) is 0 Å². The second kappa shape index (κ2) is 4.43. The maximum Gasteiger partial charge on any atom is 0.194 e. The average molecular weight is 179 g/mol. The molecular weight excluding hydrogens is 164 g/mol. The standard InChI is InChI=1S/C5H15N4O3/c1-5(2)4-9(3,6)12-8(11)7-10/h5,8H,4,6H2,1-3H3/q+1. The van der Waals surface area contributed by atoms with Crippen LogP contribution < -0.4 is 11.2 Å². The van der Waals surface area contributed by atoms with Crippen LogP contribution in [0.15, 0.2) is 5.29 Å². The number of nitrogens with zero attached hydrogens (tertiary/aromatic N) is 2. The zero-order chi connectivity index (χ0) is 9.78. The Morgan fingerprint density at radius 2 is 2.25 bits per heavy atom. The van der Waals surface area contributed by atoms with Crippen LogP contribution in [0.5, 0.6) is 0 Å². The fraction of sp³-hybridized carbons (Fsp3) is 1.00. The summed E-state index contributed by atoms with van der Waals surface area (Å²) in [5.41, 5.74) is 0. The van der Waals surface area contributed by atoms with Crippen LogP contribution in [0.2, 0.25) is 0 Å². The van der Waals surface area contributed by atoms with Gasteiger partial charge in [0.05, 0.1) is 0 Å². The maximum absolute atomic E-state index is 10.4. The second-order valence-corrected chi connectivity index (χ2v) is 3.20. The van der Waals surface area contributed by atoms with Gasteiger partial charge in [0.15, 0.2) is 5.29 Å². The summed E-state index contributed by atoms with van der Waals surface area (Å²) >= 11 is 0. The molecule has 0 rings (SSSR count). The van der Waals surface area contributed by atoms with Crippen LogP contribution in [0.25, 0.3) is 0 Å². The molecule has 0 spiro atoms. The Balaban J connectivity index is 3.93. The van der Waals surface area contributed by atoms with Crippen molar-refractivity contribution in [2.75, 3.05) is 13.6 Å². The van der Waals surface area contributed by atoms with Gasteiger partial charge in [-0.1, -0.05) is 23.5 Å². The van der Waals surface area contributed by atoms with Crippen LogP contribution in [0.3, 0.4) is 0 Å². The largest absolute Gasteiger partial charge is 0.565 e. The van der Waals surface area contributed by atoms with Crippen molar-refractivity contribution in [2.24, 2.45) is 17.0 Å². The van der Waals surface area contributed by atoms with E-state index in [0.717, 1.165) is 0 Å². The summed E-state index contributed by atoms with van der Waals surface area (Å²) in [7, 11) is 1.48. The highest BCUT2D eigenvalue weighted by Crippen LogP contribution is 1.99. The van der Waals surface area contributed by atoms with E-state index in [0.29, 0.717) is 6.54 Å². The lowest BCUT2D eigenvalue weighted by atomic mass is 10.2. The van der Waals surface area contributed by atoms with Gasteiger partial charge in [-0.25, -0.2) is 0 Å². The SMILES string of the molecule is CC(C)C[N+](C)(N)O[NH+]([O-])N=O. The molecule has 0 aromatic heterocycles. The highest BCUT2D eigenvalue weighted by molar-refractivity contribution is 4.35. The number of rotatable bonds is 5. The summed E-state index contributed by atoms with van der Waals surface area (Å²) in [6, 6.07) is 0. The minimum atomic E-state index is -1.19. The van der Waals surface area contributed by atoms with Gasteiger partial charge in [-0.15, -0.1) is 5.84 Å². The quantitative estimate of drug-likeness (QED) is 0.242. The molecule has 2 unspecified atom stereocenters. The molecule has 72 valence electrons. The van der Waals surface area contributed by atoms with Gasteiger partial charge in [0.2, 0.25) is 0 Å². The zero-order valence-corrected chi connectivity index (χ0v) is 7.48. The monoisotopic (exact) mass is 179 g/mol. The van der Waals surface area contributed by atoms with Crippen LogP contribution in [0.4, 0.5) is 0 Å². The summed E-state index contributed by atoms with van der Waals surface area (Å²) in [5.74, 6) is 5.75. The molecule has 0 aromatic carbocycles. The molecule has 0 fully saturated rings. The van der Waals surface area contributed by atoms with Crippen molar-refractivity contribution in [3.05, 3.63) is 10.1 Å². The van der Waals surface area contributed by atoms with Crippen LogP contribution in [0, 0.1) is 16.0 Å². The maximum atomic E-state index is 10.4. The minimum Gasteiger partial charge on any atom is -0.565 e. The smallest absolute Gasteiger partial charge is 0.194 e. The summed E-state index contributed by atoms with van der Waals surface area (Å²) in [6.07, 6.45) is 0. The first-order chi connectivity index (χ1) is 5.37. The van der Waals surface area contributed by atoms with Crippen LogP contribution in [-0.4, -0.2) is 18.3 Å². The van der Waals surface area contributed by atoms with E-state index >= 15 is 0 Å². The molecule has 12 heavy (non-hydrogen) atoms. The van der Waals surface area contributed by atoms with Crippen molar-refractivity contribution in [3.63, 3.8) is 0 Å². The number of hydrogen-bond acceptors (Lipinski definition) is 5. The van der Waals surface area contributed by atoms with Gasteiger partial charge in [0.1, 0.15) is 13.6 Å². The highest BCUT2D eigenvalue weighted by atomic mass is 17.0. The molecule has 0 saturated heterocycles. The fourth-order valence-electron chi connectivity index (χ4n) is 0.957. The lowest BCUT2D eigenvalue weighted by Crippen LogP contribution is -3.04. The minimum absolute atomic E-state index is 0.263. The highest BCUT2D eigenvalue weighted by Gasteiger charge is 2.25. The average Bonchev–Trinajstić information content (AvgIpc) is 1.83. The Morgan fingerprint density at radius 3 is 2.58 bits per heavy atom. The molecule has 0 heterocycles. The van der Waals surface area contributed by atoms with Crippen molar-refractivity contribution < 1.29 is 15.0 Å². The fourth-order valence-corrected chi connectivity index (χ4v) is 0.957. The Kier molecular flexibility index (Phi) is 4.21. The Hall–Kier alpha value is -0.600. The molecule has 2 atom stereocenters. The zero-order valence-electron chi connectivity index (χ0n) is 7.48. The van der Waals surface area contributed by atoms with E-state index in [9.17, 15) is 10.1 Å². The molecule has 7 heteroatoms. The Morgan fingerprint density at radius 1 is 1.75 bits per heavy atom. The molecule has 0 amide bonds. The molecule has 7 nitrogen and oxygen atoms in total. The van der Waals surface area contributed by atoms with E-state index in [1.54, 1.807) is 0 Å². The molecular formula is C5H15N4O3+. The molecule has 0 saturated carbocycles. The molecule has 0 aliphatic heterocycles. The van der Waals surface area contributed by atoms with E-state index in [4.69, 9.17) is 5.84 Å². The summed E-state index contributed by atoms with van der Waals surface area (Å²) in [6.45, 7) is 4.28. The van der Waals surface area contributed by atoms with E-state index < -0.39 is 10.1 Å². The molecule has 0 bridgehead atoms. The summed E-state index contributed by atoms with van der Waals surface area (Å²) < 4.78 is -0.470. The van der Waals surface area contributed by atoms with Gasteiger partial charge in [-0.3, -0.25) is 0 Å². The van der Waals surface area contributed by atoms with E-state index in [2.05, 4.69) is 10.2 Å². The summed E-state index contributed by atoms with van der Waals surface area (Å²) in [4.78, 5) is 14.2. The van der Waals surface area contributed by atoms with Crippen LogP contribution >= 0.6 is 0 Å². The van der Waals surface area contributed by atoms with Gasteiger partial charge in [0, 0.05) is 10.9 Å². The number of nitroso groups, excluding NO2 is 1. The first kappa shape index (κ1) is 11.4. The molecule has 0 aliphatic rings. The normalized spacial score (nSPS) is 18.8. The number of quaternary nitrogens is 2. The van der Waals surface area contributed by atoms with Gasteiger partial charge in [-0.05, 0) is 5.34 Å². The third-order valence-electron chi connectivity index (χ3n) is 1.09. The molecule has 3 N–H and O–H groups in total. The van der Waals surface area contributed by atoms with Crippen LogP contribution in [-0.2, 0) is 4.94 Å². The van der Waals surface area contributed by atoms with Crippen molar-refractivity contribution in [2.45, 2.75) is 13.8 Å². The van der Waals surface area contributed by atoms with E-state index in [1.807, 2.05) is 13.8 Å². The number of hydroxylamine groups is 2. The first-order valence-electron chi connectivity index (χ1n) is 3.58. The Labute approximate surface area is 70.7 Å². The van der Waals surface area contributed by atoms with Gasteiger partial charge >= 0.3 is 0 Å². The predicted molar refractivity (Wildman–Crippen MR) is 41.3 cm³/mol. The Bertz CT molecular complexity index is 150. The lowest BCUT2D eigenvalue weighted by Gasteiger charge is -2.25. The lowest BCUT2D eigenvalue weighted by molar-refractivity contribution is -1.33. The number of nitrogens with two attached hydrogens (primary N) is 1. The number of hydrogen-bond donors (Lipinski definition) is 2. The van der Waals surface area contributed by atoms with Gasteiger partial charge < -0.3 is 5.21 Å². The van der Waals surface area contributed by atoms with E-state index in [-0.39, 0.29) is 5.92 Å². The van der Waals surface area contributed by atoms with Crippen molar-refractivity contribution in [1.82, 2.24) is 0 Å². The van der Waals surface area contributed by atoms with Crippen molar-refractivity contribution >= 4 is 0 Å². The first-order valence-corrected chi connectivity index (χ1v) is 3.58. The third kappa shape index (κ3) is 5.10. The van der Waals surface area contributed by atoms with Gasteiger partial charge in [-0.2, -0.15) is 0 Å². The topological polar surface area (TPSA) is 92.2 Å². The molecule has 0 radical (unpaired) electrons. The summed E-state index contributed by atoms with van der Waals surface area (Å²) in [5, 5.41) is 11.3. The van der Waals surface area contributed by atoms with Crippen molar-refractivity contribution in [3.8, 4) is 0 Å². The second-order valence-electron chi connectivity index (χ2n) is 3.20. The number of nitrogens with one attached hydrogen (secondary N) is 1. The molecule has 0 aromatic rings. The predicted octanol–water partition coefficient (Wildman–Crippen LogP) is -1.13. The van der Waals surface area contributed by atoms with E-state index in [1.165, 1.54) is 7.05 Å².